The van der Waals surface area contributed by atoms with Crippen molar-refractivity contribution in [1.82, 2.24) is 25.8 Å². The molecule has 160 valence electrons. The van der Waals surface area contributed by atoms with Gasteiger partial charge in [0, 0.05) is 28.6 Å². The highest BCUT2D eigenvalue weighted by Crippen LogP contribution is 2.11. The highest BCUT2D eigenvalue weighted by Gasteiger charge is 2.28. The third kappa shape index (κ3) is 5.72. The third-order valence-electron chi connectivity index (χ3n) is 4.55. The number of benzene rings is 2. The molecule has 9 nitrogen and oxygen atoms in total. The number of nitrogen functional groups attached to an aromatic ring is 1. The number of rotatable bonds is 5. The molecule has 1 aromatic heterocycles. The number of hydrogen-bond donors (Lipinski definition) is 4. The molecule has 3 aromatic rings. The predicted octanol–water partition coefficient (Wildman–Crippen LogP) is 1.13. The van der Waals surface area contributed by atoms with Gasteiger partial charge >= 0.3 is 0 Å². The number of hydroxylamine groups is 1. The highest BCUT2D eigenvalue weighted by atomic mass is 16.5. The van der Waals surface area contributed by atoms with E-state index in [-0.39, 0.29) is 0 Å². The molecule has 3 rings (SSSR count). The largest absolute Gasteiger partial charge is 0.399 e. The zero-order valence-corrected chi connectivity index (χ0v) is 17.1. The standard InChI is InChI=1S/C23H20N6O3/c1-16(29-15-14-25-28-29)21(23(31)27-32)26-22(30)19-10-6-17(7-11-19)4-2-3-5-18-8-12-20(24)13-9-18/h6-16,21,32H,24H2,1H3,(H,26,30)(H,27,31)/t16?,21-/m0/s1. The van der Waals surface area contributed by atoms with Crippen molar-refractivity contribution in [2.75, 3.05) is 5.73 Å². The van der Waals surface area contributed by atoms with Gasteiger partial charge in [0.25, 0.3) is 11.8 Å². The van der Waals surface area contributed by atoms with E-state index >= 15 is 0 Å². The second kappa shape index (κ2) is 10.4. The summed E-state index contributed by atoms with van der Waals surface area (Å²) in [4.78, 5) is 24.7. The van der Waals surface area contributed by atoms with Gasteiger partial charge in [-0.05, 0) is 67.3 Å². The molecule has 0 bridgehead atoms. The zero-order valence-electron chi connectivity index (χ0n) is 17.1. The molecule has 0 aliphatic rings. The molecule has 2 atom stereocenters. The van der Waals surface area contributed by atoms with Gasteiger partial charge in [0.1, 0.15) is 6.04 Å². The second-order valence-corrected chi connectivity index (χ2v) is 6.75. The SMILES string of the molecule is CC([C@H](NC(=O)c1ccc(C#CC#Cc2ccc(N)cc2)cc1)C(=O)NO)n1ccnn1. The lowest BCUT2D eigenvalue weighted by atomic mass is 10.1. The number of anilines is 1. The molecule has 5 N–H and O–H groups in total. The van der Waals surface area contributed by atoms with Crippen molar-refractivity contribution in [3.63, 3.8) is 0 Å². The third-order valence-corrected chi connectivity index (χ3v) is 4.55. The molecule has 1 unspecified atom stereocenters. The van der Waals surface area contributed by atoms with Gasteiger partial charge in [-0.2, -0.15) is 0 Å². The van der Waals surface area contributed by atoms with Crippen LogP contribution in [0.5, 0.6) is 0 Å². The number of nitrogens with zero attached hydrogens (tertiary/aromatic N) is 3. The molecule has 2 aromatic carbocycles. The summed E-state index contributed by atoms with van der Waals surface area (Å²) in [7, 11) is 0. The van der Waals surface area contributed by atoms with Gasteiger partial charge < -0.3 is 11.1 Å². The molecule has 32 heavy (non-hydrogen) atoms. The van der Waals surface area contributed by atoms with E-state index in [1.165, 1.54) is 10.9 Å². The average Bonchev–Trinajstić information content (AvgIpc) is 3.36. The summed E-state index contributed by atoms with van der Waals surface area (Å²) in [5.41, 5.74) is 9.67. The summed E-state index contributed by atoms with van der Waals surface area (Å²) in [6, 6.07) is 12.0. The summed E-state index contributed by atoms with van der Waals surface area (Å²) < 4.78 is 1.41. The molecule has 0 aliphatic heterocycles. The quantitative estimate of drug-likeness (QED) is 0.208. The second-order valence-electron chi connectivity index (χ2n) is 6.75. The van der Waals surface area contributed by atoms with Gasteiger partial charge in [-0.3, -0.25) is 14.8 Å². The number of hydrogen-bond acceptors (Lipinski definition) is 6. The molecule has 0 fully saturated rings. The number of carbonyl (C=O) groups is 2. The maximum Gasteiger partial charge on any atom is 0.268 e. The number of nitrogens with two attached hydrogens (primary N) is 1. The summed E-state index contributed by atoms with van der Waals surface area (Å²) in [5, 5.41) is 19.1. The molecule has 0 radical (unpaired) electrons. The summed E-state index contributed by atoms with van der Waals surface area (Å²) in [5.74, 6) is 10.1. The van der Waals surface area contributed by atoms with Crippen molar-refractivity contribution in [1.29, 1.82) is 0 Å². The van der Waals surface area contributed by atoms with E-state index in [2.05, 4.69) is 39.3 Å². The van der Waals surface area contributed by atoms with Crippen LogP contribution in [0, 0.1) is 23.7 Å². The van der Waals surface area contributed by atoms with Crippen LogP contribution >= 0.6 is 0 Å². The van der Waals surface area contributed by atoms with Crippen molar-refractivity contribution in [2.24, 2.45) is 0 Å². The first kappa shape index (κ1) is 22.1. The van der Waals surface area contributed by atoms with Gasteiger partial charge in [-0.25, -0.2) is 10.2 Å². The van der Waals surface area contributed by atoms with Crippen LogP contribution < -0.4 is 16.5 Å². The molecule has 0 saturated carbocycles. The molecule has 2 amide bonds. The van der Waals surface area contributed by atoms with Crippen LogP contribution in [0.15, 0.2) is 60.9 Å². The fourth-order valence-corrected chi connectivity index (χ4v) is 2.76. The van der Waals surface area contributed by atoms with Gasteiger partial charge in [0.15, 0.2) is 0 Å². The molecule has 9 heteroatoms. The van der Waals surface area contributed by atoms with E-state index in [9.17, 15) is 9.59 Å². The van der Waals surface area contributed by atoms with Crippen LogP contribution in [-0.2, 0) is 4.79 Å². The normalized spacial score (nSPS) is 11.7. The first-order valence-electron chi connectivity index (χ1n) is 9.56. The van der Waals surface area contributed by atoms with Crippen LogP contribution in [0.25, 0.3) is 0 Å². The van der Waals surface area contributed by atoms with Crippen molar-refractivity contribution in [2.45, 2.75) is 19.0 Å². The maximum absolute atomic E-state index is 12.6. The monoisotopic (exact) mass is 428 g/mol. The fourth-order valence-electron chi connectivity index (χ4n) is 2.76. The Morgan fingerprint density at radius 3 is 2.16 bits per heavy atom. The van der Waals surface area contributed by atoms with E-state index in [1.807, 2.05) is 12.1 Å². The Morgan fingerprint density at radius 2 is 1.62 bits per heavy atom. The number of amides is 2. The van der Waals surface area contributed by atoms with Crippen molar-refractivity contribution in [3.8, 4) is 23.7 Å². The van der Waals surface area contributed by atoms with Gasteiger partial charge in [0.2, 0.25) is 0 Å². The Morgan fingerprint density at radius 1 is 1.03 bits per heavy atom. The maximum atomic E-state index is 12.6. The molecular weight excluding hydrogens is 408 g/mol. The van der Waals surface area contributed by atoms with Gasteiger partial charge in [0.05, 0.1) is 12.2 Å². The Labute approximate surface area is 184 Å². The number of aromatic nitrogens is 3. The molecule has 0 spiro atoms. The van der Waals surface area contributed by atoms with Crippen LogP contribution in [0.1, 0.15) is 34.5 Å². The molecule has 0 saturated heterocycles. The topological polar surface area (TPSA) is 135 Å². The lowest BCUT2D eigenvalue weighted by Gasteiger charge is -2.23. The first-order valence-corrected chi connectivity index (χ1v) is 9.56. The number of carbonyl (C=O) groups excluding carboxylic acids is 2. The van der Waals surface area contributed by atoms with E-state index in [0.717, 1.165) is 5.56 Å². The summed E-state index contributed by atoms with van der Waals surface area (Å²) >= 11 is 0. The van der Waals surface area contributed by atoms with Crippen LogP contribution in [-0.4, -0.2) is 38.1 Å². The van der Waals surface area contributed by atoms with Crippen LogP contribution in [0.2, 0.25) is 0 Å². The van der Waals surface area contributed by atoms with Crippen molar-refractivity contribution in [3.05, 3.63) is 77.6 Å². The van der Waals surface area contributed by atoms with E-state index in [4.69, 9.17) is 10.9 Å². The highest BCUT2D eigenvalue weighted by molar-refractivity contribution is 5.97. The van der Waals surface area contributed by atoms with Crippen molar-refractivity contribution >= 4 is 17.5 Å². The van der Waals surface area contributed by atoms with Crippen molar-refractivity contribution < 1.29 is 14.8 Å². The lowest BCUT2D eigenvalue weighted by Crippen LogP contribution is -2.50. The van der Waals surface area contributed by atoms with Crippen LogP contribution in [0.3, 0.4) is 0 Å². The minimum atomic E-state index is -1.07. The first-order chi connectivity index (χ1) is 15.5. The van der Waals surface area contributed by atoms with Crippen LogP contribution in [0.4, 0.5) is 5.69 Å². The Hall–Kier alpha value is -4.60. The zero-order chi connectivity index (χ0) is 22.9. The van der Waals surface area contributed by atoms with E-state index < -0.39 is 23.9 Å². The molecule has 1 heterocycles. The van der Waals surface area contributed by atoms with Gasteiger partial charge in [-0.15, -0.1) is 5.10 Å². The number of nitrogens with one attached hydrogen (secondary N) is 2. The summed E-state index contributed by atoms with van der Waals surface area (Å²) in [6.07, 6.45) is 3.00. The Kier molecular flexibility index (Phi) is 7.20. The fraction of sp³-hybridized carbons (Fsp3) is 0.130. The summed E-state index contributed by atoms with van der Waals surface area (Å²) in [6.45, 7) is 1.67. The molecular formula is C23H20N6O3. The van der Waals surface area contributed by atoms with Gasteiger partial charge in [-0.1, -0.05) is 17.1 Å². The molecule has 0 aliphatic carbocycles. The lowest BCUT2D eigenvalue weighted by molar-refractivity contribution is -0.132. The average molecular weight is 428 g/mol. The minimum absolute atomic E-state index is 0.324. The van der Waals surface area contributed by atoms with E-state index in [1.54, 1.807) is 55.0 Å². The Bertz CT molecular complexity index is 1200. The minimum Gasteiger partial charge on any atom is -0.399 e. The van der Waals surface area contributed by atoms with E-state index in [0.29, 0.717) is 16.8 Å². The smallest absolute Gasteiger partial charge is 0.268 e. The predicted molar refractivity (Wildman–Crippen MR) is 117 cm³/mol. The Balaban J connectivity index is 1.66.